The van der Waals surface area contributed by atoms with Gasteiger partial charge in [-0.2, -0.15) is 0 Å². The van der Waals surface area contributed by atoms with Crippen LogP contribution in [0.4, 0.5) is 4.39 Å². The number of rotatable bonds is 7. The number of benzene rings is 2. The maximum Gasteiger partial charge on any atom is 0.251 e. The first-order chi connectivity index (χ1) is 15.4. The van der Waals surface area contributed by atoms with Crippen LogP contribution in [-0.4, -0.2) is 54.7 Å². The van der Waals surface area contributed by atoms with Gasteiger partial charge < -0.3 is 20.1 Å². The number of amides is 2. The lowest BCUT2D eigenvalue weighted by Gasteiger charge is -2.41. The summed E-state index contributed by atoms with van der Waals surface area (Å²) < 4.78 is 24.7. The molecular weight excluding hydrogens is 411 g/mol. The summed E-state index contributed by atoms with van der Waals surface area (Å²) in [6, 6.07) is 13.9. The van der Waals surface area contributed by atoms with Crippen LogP contribution in [0.25, 0.3) is 11.1 Å². The number of hydrogen-bond donors (Lipinski definition) is 1. The van der Waals surface area contributed by atoms with Crippen LogP contribution in [0.3, 0.4) is 0 Å². The number of primary amides is 1. The number of morpholine rings is 1. The summed E-state index contributed by atoms with van der Waals surface area (Å²) in [6.45, 7) is 1.62. The highest BCUT2D eigenvalue weighted by molar-refractivity contribution is 5.86. The van der Waals surface area contributed by atoms with E-state index in [-0.39, 0.29) is 37.4 Å². The highest BCUT2D eigenvalue weighted by atomic mass is 19.1. The molecule has 2 aliphatic heterocycles. The van der Waals surface area contributed by atoms with Crippen molar-refractivity contribution in [3.05, 3.63) is 59.9 Å². The van der Waals surface area contributed by atoms with E-state index >= 15 is 0 Å². The molecule has 2 fully saturated rings. The molecule has 2 amide bonds. The Morgan fingerprint density at radius 2 is 1.75 bits per heavy atom. The quantitative estimate of drug-likeness (QED) is 0.717. The Hall–Kier alpha value is -2.77. The number of carbonyl (C=O) groups excluding carboxylic acids is 2. The summed E-state index contributed by atoms with van der Waals surface area (Å²) in [5, 5.41) is 0. The van der Waals surface area contributed by atoms with Gasteiger partial charge in [-0.15, -0.1) is 0 Å². The van der Waals surface area contributed by atoms with Gasteiger partial charge in [-0.25, -0.2) is 4.39 Å². The van der Waals surface area contributed by atoms with Gasteiger partial charge in [0.2, 0.25) is 5.91 Å². The minimum atomic E-state index is -1.25. The molecule has 0 bridgehead atoms. The van der Waals surface area contributed by atoms with Crippen LogP contribution in [0, 0.1) is 5.82 Å². The lowest BCUT2D eigenvalue weighted by Crippen LogP contribution is -2.61. The van der Waals surface area contributed by atoms with Crippen molar-refractivity contribution in [3.8, 4) is 11.1 Å². The molecule has 0 spiro atoms. The van der Waals surface area contributed by atoms with Crippen molar-refractivity contribution in [2.75, 3.05) is 26.3 Å². The van der Waals surface area contributed by atoms with Crippen LogP contribution in [0.2, 0.25) is 0 Å². The van der Waals surface area contributed by atoms with E-state index in [1.807, 2.05) is 24.3 Å². The average molecular weight is 441 g/mol. The minimum absolute atomic E-state index is 0.00100. The van der Waals surface area contributed by atoms with Crippen molar-refractivity contribution in [1.29, 1.82) is 0 Å². The van der Waals surface area contributed by atoms with Gasteiger partial charge in [0.15, 0.2) is 5.60 Å². The Kier molecular flexibility index (Phi) is 6.86. The Labute approximate surface area is 187 Å². The molecule has 6 nitrogen and oxygen atoms in total. The third-order valence-corrected chi connectivity index (χ3v) is 6.31. The molecule has 170 valence electrons. The van der Waals surface area contributed by atoms with E-state index in [0.29, 0.717) is 19.4 Å². The second kappa shape index (κ2) is 9.79. The fourth-order valence-electron chi connectivity index (χ4n) is 4.44. The van der Waals surface area contributed by atoms with E-state index < -0.39 is 11.5 Å². The maximum absolute atomic E-state index is 13.2. The Bertz CT molecular complexity index is 941. The van der Waals surface area contributed by atoms with E-state index in [9.17, 15) is 14.0 Å². The summed E-state index contributed by atoms with van der Waals surface area (Å²) in [7, 11) is 0. The lowest BCUT2D eigenvalue weighted by molar-refractivity contribution is -0.163. The standard InChI is InChI=1S/C25H29FN2O4/c26-21-9-7-20(8-10-21)19-5-3-18(4-6-19)16-25(24(27)30)17-28(13-15-32-25)23(29)12-11-22-2-1-14-31-22/h3-10,22H,1-2,11-17H2,(H2,27,30)/t22-,25-/m1/s1. The molecule has 0 aliphatic carbocycles. The SMILES string of the molecule is NC(=O)[C@@]1(Cc2ccc(-c3ccc(F)cc3)cc2)CN(C(=O)CC[C@H]2CCCO2)CCO1. The molecule has 7 heteroatoms. The highest BCUT2D eigenvalue weighted by Gasteiger charge is 2.43. The molecule has 2 atom stereocenters. The summed E-state index contributed by atoms with van der Waals surface area (Å²) in [6.07, 6.45) is 3.56. The Morgan fingerprint density at radius 3 is 2.38 bits per heavy atom. The van der Waals surface area contributed by atoms with Crippen molar-refractivity contribution < 1.29 is 23.5 Å². The van der Waals surface area contributed by atoms with E-state index in [0.717, 1.165) is 36.1 Å². The molecule has 2 aromatic carbocycles. The molecule has 4 rings (SSSR count). The highest BCUT2D eigenvalue weighted by Crippen LogP contribution is 2.27. The fraction of sp³-hybridized carbons (Fsp3) is 0.440. The van der Waals surface area contributed by atoms with Crippen molar-refractivity contribution in [1.82, 2.24) is 4.90 Å². The molecule has 2 heterocycles. The fourth-order valence-corrected chi connectivity index (χ4v) is 4.44. The van der Waals surface area contributed by atoms with Crippen molar-refractivity contribution in [2.24, 2.45) is 5.73 Å². The monoisotopic (exact) mass is 440 g/mol. The van der Waals surface area contributed by atoms with Crippen molar-refractivity contribution in [2.45, 2.75) is 43.8 Å². The maximum atomic E-state index is 13.2. The van der Waals surface area contributed by atoms with Gasteiger partial charge in [-0.1, -0.05) is 36.4 Å². The smallest absolute Gasteiger partial charge is 0.251 e. The van der Waals surface area contributed by atoms with Gasteiger partial charge in [0.05, 0.1) is 19.3 Å². The molecule has 2 saturated heterocycles. The lowest BCUT2D eigenvalue weighted by atomic mass is 9.90. The van der Waals surface area contributed by atoms with Crippen LogP contribution in [-0.2, 0) is 25.5 Å². The molecule has 2 aromatic rings. The van der Waals surface area contributed by atoms with Gasteiger partial charge >= 0.3 is 0 Å². The number of carbonyl (C=O) groups is 2. The average Bonchev–Trinajstić information content (AvgIpc) is 3.32. The van der Waals surface area contributed by atoms with Gasteiger partial charge in [0, 0.05) is 26.0 Å². The van der Waals surface area contributed by atoms with E-state index in [4.69, 9.17) is 15.2 Å². The van der Waals surface area contributed by atoms with Crippen LogP contribution in [0.1, 0.15) is 31.2 Å². The third-order valence-electron chi connectivity index (χ3n) is 6.31. The van der Waals surface area contributed by atoms with Crippen LogP contribution < -0.4 is 5.73 Å². The van der Waals surface area contributed by atoms with Crippen LogP contribution in [0.5, 0.6) is 0 Å². The van der Waals surface area contributed by atoms with Crippen LogP contribution in [0.15, 0.2) is 48.5 Å². The first-order valence-electron chi connectivity index (χ1n) is 11.1. The van der Waals surface area contributed by atoms with Gasteiger partial charge in [0.25, 0.3) is 5.91 Å². The molecule has 2 N–H and O–H groups in total. The third kappa shape index (κ3) is 5.16. The van der Waals surface area contributed by atoms with Gasteiger partial charge in [-0.05, 0) is 48.1 Å². The first kappa shape index (κ1) is 22.4. The van der Waals surface area contributed by atoms with Crippen LogP contribution >= 0.6 is 0 Å². The molecular formula is C25H29FN2O4. The topological polar surface area (TPSA) is 81.9 Å². The summed E-state index contributed by atoms with van der Waals surface area (Å²) >= 11 is 0. The Balaban J connectivity index is 1.42. The number of halogens is 1. The minimum Gasteiger partial charge on any atom is -0.378 e. The Morgan fingerprint density at radius 1 is 1.06 bits per heavy atom. The zero-order valence-corrected chi connectivity index (χ0v) is 18.1. The summed E-state index contributed by atoms with van der Waals surface area (Å²) in [5.74, 6) is -0.851. The second-order valence-electron chi connectivity index (χ2n) is 8.58. The zero-order valence-electron chi connectivity index (χ0n) is 18.1. The van der Waals surface area contributed by atoms with Crippen molar-refractivity contribution in [3.63, 3.8) is 0 Å². The van der Waals surface area contributed by atoms with E-state index in [2.05, 4.69) is 0 Å². The first-order valence-corrected chi connectivity index (χ1v) is 11.1. The molecule has 0 saturated carbocycles. The summed E-state index contributed by atoms with van der Waals surface area (Å²) in [4.78, 5) is 26.9. The number of nitrogens with two attached hydrogens (primary N) is 1. The number of nitrogens with zero attached hydrogens (tertiary/aromatic N) is 1. The molecule has 0 radical (unpaired) electrons. The molecule has 2 aliphatic rings. The molecule has 0 unspecified atom stereocenters. The van der Waals surface area contributed by atoms with E-state index in [1.54, 1.807) is 17.0 Å². The number of hydrogen-bond acceptors (Lipinski definition) is 4. The van der Waals surface area contributed by atoms with E-state index in [1.165, 1.54) is 12.1 Å². The molecule has 0 aromatic heterocycles. The largest absolute Gasteiger partial charge is 0.378 e. The number of ether oxygens (including phenoxy) is 2. The summed E-state index contributed by atoms with van der Waals surface area (Å²) in [5.41, 5.74) is 7.23. The predicted octanol–water partition coefficient (Wildman–Crippen LogP) is 3.08. The zero-order chi connectivity index (χ0) is 22.6. The van der Waals surface area contributed by atoms with Crippen molar-refractivity contribution >= 4 is 11.8 Å². The van der Waals surface area contributed by atoms with Gasteiger partial charge in [0.1, 0.15) is 5.82 Å². The van der Waals surface area contributed by atoms with Gasteiger partial charge in [-0.3, -0.25) is 9.59 Å². The predicted molar refractivity (Wildman–Crippen MR) is 118 cm³/mol. The molecule has 32 heavy (non-hydrogen) atoms. The normalized spacial score (nSPS) is 23.3. The second-order valence-corrected chi connectivity index (χ2v) is 8.58.